The molecule has 10 nitrogen and oxygen atoms in total. The average Bonchev–Trinajstić information content (AvgIpc) is 3.07. The molecule has 2 fully saturated rings. The maximum Gasteiger partial charge on any atom is 0.329 e. The molecule has 0 radical (unpaired) electrons. The van der Waals surface area contributed by atoms with Gasteiger partial charge in [0.15, 0.2) is 5.82 Å². The number of nitrogens with one attached hydrogen (secondary N) is 1. The van der Waals surface area contributed by atoms with Crippen molar-refractivity contribution in [3.8, 4) is 0 Å². The molecule has 0 spiro atoms. The lowest BCUT2D eigenvalue weighted by Gasteiger charge is -2.36. The number of nitrogens with zero attached hydrogens (tertiary/aromatic N) is 5. The summed E-state index contributed by atoms with van der Waals surface area (Å²) < 4.78 is 1.77. The smallest absolute Gasteiger partial charge is 0.329 e. The third-order valence-electron chi connectivity index (χ3n) is 5.98. The van der Waals surface area contributed by atoms with E-state index in [0.717, 1.165) is 62.2 Å². The number of hydrogen-bond donors (Lipinski definition) is 2. The highest BCUT2D eigenvalue weighted by Gasteiger charge is 2.28. The molecule has 0 aliphatic carbocycles. The zero-order chi connectivity index (χ0) is 22.0. The van der Waals surface area contributed by atoms with Crippen molar-refractivity contribution in [1.29, 1.82) is 0 Å². The summed E-state index contributed by atoms with van der Waals surface area (Å²) in [6.45, 7) is 4.98. The van der Waals surface area contributed by atoms with Gasteiger partial charge in [-0.1, -0.05) is 0 Å². The molecule has 3 heterocycles. The average molecular weight is 428 g/mol. The van der Waals surface area contributed by atoms with Gasteiger partial charge in [-0.3, -0.25) is 29.4 Å². The van der Waals surface area contributed by atoms with Gasteiger partial charge in [0, 0.05) is 63.7 Å². The Kier molecular flexibility index (Phi) is 6.08. The maximum atomic E-state index is 12.2. The van der Waals surface area contributed by atoms with E-state index in [0.29, 0.717) is 12.4 Å². The Morgan fingerprint density at radius 2 is 1.90 bits per heavy atom. The van der Waals surface area contributed by atoms with Gasteiger partial charge in [-0.15, -0.1) is 0 Å². The van der Waals surface area contributed by atoms with Gasteiger partial charge < -0.3 is 10.0 Å². The maximum absolute atomic E-state index is 12.2. The number of aryl methyl sites for hydroxylation is 1. The number of benzene rings is 1. The van der Waals surface area contributed by atoms with Crippen molar-refractivity contribution >= 4 is 40.3 Å². The number of carbonyl (C=O) groups is 3. The van der Waals surface area contributed by atoms with Gasteiger partial charge in [-0.05, 0) is 37.6 Å². The molecular formula is C21H28N6O4. The summed E-state index contributed by atoms with van der Waals surface area (Å²) in [7, 11) is 1.86. The van der Waals surface area contributed by atoms with E-state index in [1.165, 1.54) is 4.90 Å². The van der Waals surface area contributed by atoms with Crippen molar-refractivity contribution in [2.24, 2.45) is 7.05 Å². The zero-order valence-corrected chi connectivity index (χ0v) is 17.7. The normalized spacial score (nSPS) is 18.0. The van der Waals surface area contributed by atoms with Gasteiger partial charge in [0.25, 0.3) is 0 Å². The highest BCUT2D eigenvalue weighted by Crippen LogP contribution is 2.30. The number of aromatic nitrogens is 2. The molecule has 0 unspecified atom stereocenters. The molecule has 1 aromatic heterocycles. The standard InChI is InChI=1S/C21H28N6O4/c1-24-17-14-15(26-12-10-25(11-13-26)8-3-2-4-19(29)30)5-6-16(17)20(23-24)27-9-7-18(28)22-21(27)31/h5-6,14H,2-4,7-13H2,1H3,(H,29,30)(H,22,28,31). The largest absolute Gasteiger partial charge is 0.481 e. The van der Waals surface area contributed by atoms with Gasteiger partial charge in [0.1, 0.15) is 0 Å². The molecule has 166 valence electrons. The number of imide groups is 1. The fourth-order valence-corrected chi connectivity index (χ4v) is 4.23. The van der Waals surface area contributed by atoms with Crippen LogP contribution in [0.2, 0.25) is 0 Å². The number of urea groups is 1. The second-order valence-electron chi connectivity index (χ2n) is 8.08. The molecule has 2 aromatic rings. The number of unbranched alkanes of at least 4 members (excludes halogenated alkanes) is 1. The van der Waals surface area contributed by atoms with Gasteiger partial charge in [0.2, 0.25) is 5.91 Å². The van der Waals surface area contributed by atoms with Crippen LogP contribution in [0.15, 0.2) is 18.2 Å². The van der Waals surface area contributed by atoms with Gasteiger partial charge >= 0.3 is 12.0 Å². The van der Waals surface area contributed by atoms with Crippen molar-refractivity contribution < 1.29 is 19.5 Å². The number of carboxylic acids is 1. The van der Waals surface area contributed by atoms with Crippen molar-refractivity contribution in [2.75, 3.05) is 49.1 Å². The molecule has 3 amide bonds. The molecule has 2 N–H and O–H groups in total. The molecule has 4 rings (SSSR count). The lowest BCUT2D eigenvalue weighted by Crippen LogP contribution is -2.49. The van der Waals surface area contributed by atoms with E-state index in [2.05, 4.69) is 32.3 Å². The lowest BCUT2D eigenvalue weighted by atomic mass is 10.1. The number of carbonyl (C=O) groups excluding carboxylic acids is 2. The number of carboxylic acid groups (broad SMARTS) is 1. The van der Waals surface area contributed by atoms with E-state index in [1.807, 2.05) is 13.1 Å². The Morgan fingerprint density at radius 3 is 2.61 bits per heavy atom. The van der Waals surface area contributed by atoms with Crippen LogP contribution >= 0.6 is 0 Å². The lowest BCUT2D eigenvalue weighted by molar-refractivity contribution is -0.137. The minimum absolute atomic E-state index is 0.238. The van der Waals surface area contributed by atoms with Crippen molar-refractivity contribution in [2.45, 2.75) is 25.7 Å². The molecule has 0 saturated carbocycles. The summed E-state index contributed by atoms with van der Waals surface area (Å²) in [6, 6.07) is 5.72. The van der Waals surface area contributed by atoms with E-state index in [9.17, 15) is 14.4 Å². The molecule has 2 aliphatic rings. The summed E-state index contributed by atoms with van der Waals surface area (Å²) in [5.74, 6) is -0.419. The minimum Gasteiger partial charge on any atom is -0.481 e. The van der Waals surface area contributed by atoms with Crippen LogP contribution in [0, 0.1) is 0 Å². The van der Waals surface area contributed by atoms with Crippen LogP contribution in [-0.4, -0.2) is 77.0 Å². The molecule has 2 saturated heterocycles. The summed E-state index contributed by atoms with van der Waals surface area (Å²) in [6.07, 6.45) is 2.13. The summed E-state index contributed by atoms with van der Waals surface area (Å²) in [4.78, 5) is 40.5. The Balaban J connectivity index is 1.41. The fourth-order valence-electron chi connectivity index (χ4n) is 4.23. The second-order valence-corrected chi connectivity index (χ2v) is 8.08. The van der Waals surface area contributed by atoms with Gasteiger partial charge in [0.05, 0.1) is 5.52 Å². The zero-order valence-electron chi connectivity index (χ0n) is 17.7. The van der Waals surface area contributed by atoms with Crippen LogP contribution in [0.4, 0.5) is 16.3 Å². The number of anilines is 2. The van der Waals surface area contributed by atoms with Gasteiger partial charge in [-0.25, -0.2) is 4.79 Å². The van der Waals surface area contributed by atoms with Crippen molar-refractivity contribution in [3.63, 3.8) is 0 Å². The molecule has 1 aromatic carbocycles. The Bertz CT molecular complexity index is 995. The number of hydrogen-bond acceptors (Lipinski definition) is 6. The number of piperazine rings is 1. The second kappa shape index (κ2) is 8.93. The summed E-state index contributed by atoms with van der Waals surface area (Å²) in [5.41, 5.74) is 2.05. The quantitative estimate of drug-likeness (QED) is 0.641. The Labute approximate surface area is 180 Å². The molecule has 0 atom stereocenters. The number of fused-ring (bicyclic) bond motifs is 1. The Morgan fingerprint density at radius 1 is 1.13 bits per heavy atom. The fraction of sp³-hybridized carbons (Fsp3) is 0.524. The van der Waals surface area contributed by atoms with Crippen LogP contribution in [0.3, 0.4) is 0 Å². The third-order valence-corrected chi connectivity index (χ3v) is 5.98. The van der Waals surface area contributed by atoms with Crippen LogP contribution in [0.5, 0.6) is 0 Å². The van der Waals surface area contributed by atoms with Crippen LogP contribution in [0.25, 0.3) is 10.9 Å². The minimum atomic E-state index is -0.729. The SMILES string of the molecule is Cn1nc(N2CCC(=O)NC2=O)c2ccc(N3CCN(CCCCC(=O)O)CC3)cc21. The highest BCUT2D eigenvalue weighted by molar-refractivity contribution is 6.09. The first-order valence-corrected chi connectivity index (χ1v) is 10.7. The predicted octanol–water partition coefficient (Wildman–Crippen LogP) is 1.40. The van der Waals surface area contributed by atoms with Gasteiger partial charge in [-0.2, -0.15) is 5.10 Å². The molecule has 2 aliphatic heterocycles. The highest BCUT2D eigenvalue weighted by atomic mass is 16.4. The molecule has 0 bridgehead atoms. The Hall–Kier alpha value is -3.14. The predicted molar refractivity (Wildman–Crippen MR) is 116 cm³/mol. The monoisotopic (exact) mass is 428 g/mol. The van der Waals surface area contributed by atoms with E-state index >= 15 is 0 Å². The number of amides is 3. The van der Waals surface area contributed by atoms with E-state index in [-0.39, 0.29) is 18.7 Å². The van der Waals surface area contributed by atoms with Crippen molar-refractivity contribution in [3.05, 3.63) is 18.2 Å². The van der Waals surface area contributed by atoms with E-state index in [1.54, 1.807) is 4.68 Å². The first kappa shape index (κ1) is 21.1. The third kappa shape index (κ3) is 4.63. The van der Waals surface area contributed by atoms with E-state index in [4.69, 9.17) is 5.11 Å². The summed E-state index contributed by atoms with van der Waals surface area (Å²) >= 11 is 0. The summed E-state index contributed by atoms with van der Waals surface area (Å²) in [5, 5.41) is 16.5. The number of rotatable bonds is 7. The first-order valence-electron chi connectivity index (χ1n) is 10.7. The van der Waals surface area contributed by atoms with Crippen LogP contribution in [0.1, 0.15) is 25.7 Å². The van der Waals surface area contributed by atoms with Crippen LogP contribution in [-0.2, 0) is 16.6 Å². The molecular weight excluding hydrogens is 400 g/mol. The first-order chi connectivity index (χ1) is 14.9. The van der Waals surface area contributed by atoms with Crippen LogP contribution < -0.4 is 15.1 Å². The molecule has 31 heavy (non-hydrogen) atoms. The van der Waals surface area contributed by atoms with E-state index < -0.39 is 12.0 Å². The topological polar surface area (TPSA) is 111 Å². The molecule has 10 heteroatoms. The van der Waals surface area contributed by atoms with Crippen molar-refractivity contribution in [1.82, 2.24) is 20.0 Å². The number of aliphatic carboxylic acids is 1.